The maximum atomic E-state index is 5.85. The molecule has 0 amide bonds. The lowest BCUT2D eigenvalue weighted by atomic mass is 10.3. The van der Waals surface area contributed by atoms with Crippen molar-refractivity contribution < 1.29 is 4.74 Å². The molecular formula is C12H12ClN3O. The summed E-state index contributed by atoms with van der Waals surface area (Å²) >= 11 is 5.85. The number of hydrogen-bond donors (Lipinski definition) is 2. The smallest absolute Gasteiger partial charge is 0.130 e. The van der Waals surface area contributed by atoms with Gasteiger partial charge in [0, 0.05) is 11.2 Å². The molecule has 4 nitrogen and oxygen atoms in total. The van der Waals surface area contributed by atoms with Gasteiger partial charge in [0.1, 0.15) is 12.4 Å². The number of aromatic nitrogens is 1. The zero-order valence-electron chi connectivity index (χ0n) is 9.06. The van der Waals surface area contributed by atoms with Gasteiger partial charge in [-0.05, 0) is 30.3 Å². The van der Waals surface area contributed by atoms with Crippen molar-refractivity contribution in [3.63, 3.8) is 0 Å². The van der Waals surface area contributed by atoms with Gasteiger partial charge in [-0.15, -0.1) is 0 Å². The summed E-state index contributed by atoms with van der Waals surface area (Å²) in [5, 5.41) is 0.646. The van der Waals surface area contributed by atoms with E-state index in [1.54, 1.807) is 24.4 Å². The van der Waals surface area contributed by atoms with E-state index in [1.807, 2.05) is 18.2 Å². The van der Waals surface area contributed by atoms with E-state index in [0.717, 1.165) is 11.4 Å². The number of ether oxygens (including phenoxy) is 1. The van der Waals surface area contributed by atoms with Crippen LogP contribution in [0.25, 0.3) is 0 Å². The zero-order valence-corrected chi connectivity index (χ0v) is 9.82. The molecule has 0 atom stereocenters. The van der Waals surface area contributed by atoms with E-state index in [9.17, 15) is 0 Å². The first-order valence-electron chi connectivity index (χ1n) is 5.08. The van der Waals surface area contributed by atoms with Crippen molar-refractivity contribution in [1.82, 2.24) is 4.98 Å². The summed E-state index contributed by atoms with van der Waals surface area (Å²) in [6.45, 7) is 0.371. The topological polar surface area (TPSA) is 60.2 Å². The number of nitrogens with two attached hydrogens (primary N) is 1. The highest BCUT2D eigenvalue weighted by atomic mass is 35.5. The lowest BCUT2D eigenvalue weighted by molar-refractivity contribution is 0.301. The van der Waals surface area contributed by atoms with E-state index in [4.69, 9.17) is 22.2 Å². The number of nitrogens with zero attached hydrogens (tertiary/aromatic N) is 1. The fourth-order valence-corrected chi connectivity index (χ4v) is 1.54. The number of halogens is 1. The van der Waals surface area contributed by atoms with E-state index in [2.05, 4.69) is 10.4 Å². The quantitative estimate of drug-likeness (QED) is 0.646. The lowest BCUT2D eigenvalue weighted by Crippen LogP contribution is -2.08. The summed E-state index contributed by atoms with van der Waals surface area (Å²) in [5.41, 5.74) is 4.15. The first-order valence-corrected chi connectivity index (χ1v) is 5.45. The summed E-state index contributed by atoms with van der Waals surface area (Å²) in [6, 6.07) is 10.8. The van der Waals surface area contributed by atoms with Gasteiger partial charge in [0.15, 0.2) is 0 Å². The Morgan fingerprint density at radius 2 is 2.18 bits per heavy atom. The molecule has 2 aromatic rings. The molecule has 1 aromatic carbocycles. The van der Waals surface area contributed by atoms with Gasteiger partial charge in [0.25, 0.3) is 0 Å². The molecule has 1 heterocycles. The maximum Gasteiger partial charge on any atom is 0.130 e. The Bertz CT molecular complexity index is 505. The van der Waals surface area contributed by atoms with Crippen molar-refractivity contribution in [1.29, 1.82) is 0 Å². The third-order valence-corrected chi connectivity index (χ3v) is 2.40. The molecule has 2 rings (SSSR count). The molecule has 0 saturated heterocycles. The van der Waals surface area contributed by atoms with Crippen LogP contribution in [-0.4, -0.2) is 4.98 Å². The zero-order chi connectivity index (χ0) is 12.1. The van der Waals surface area contributed by atoms with Crippen LogP contribution in [0.1, 0.15) is 5.69 Å². The number of anilines is 1. The molecule has 3 N–H and O–H groups in total. The number of hydrazine groups is 1. The van der Waals surface area contributed by atoms with E-state index in [0.29, 0.717) is 17.4 Å². The molecule has 0 aliphatic heterocycles. The molecule has 0 spiro atoms. The fraction of sp³-hybridized carbons (Fsp3) is 0.0833. The average Bonchev–Trinajstić information content (AvgIpc) is 2.37. The summed E-state index contributed by atoms with van der Waals surface area (Å²) in [7, 11) is 0. The van der Waals surface area contributed by atoms with Crippen molar-refractivity contribution in [2.75, 3.05) is 5.43 Å². The number of nitrogens with one attached hydrogen (secondary N) is 1. The van der Waals surface area contributed by atoms with Crippen molar-refractivity contribution >= 4 is 17.3 Å². The summed E-state index contributed by atoms with van der Waals surface area (Å²) in [6.07, 6.45) is 1.67. The summed E-state index contributed by atoms with van der Waals surface area (Å²) < 4.78 is 5.56. The van der Waals surface area contributed by atoms with Crippen molar-refractivity contribution in [3.8, 4) is 5.75 Å². The maximum absolute atomic E-state index is 5.85. The Labute approximate surface area is 104 Å². The van der Waals surface area contributed by atoms with Gasteiger partial charge in [0.2, 0.25) is 0 Å². The average molecular weight is 250 g/mol. The highest BCUT2D eigenvalue weighted by Gasteiger charge is 1.99. The van der Waals surface area contributed by atoms with Crippen LogP contribution in [0.5, 0.6) is 5.75 Å². The van der Waals surface area contributed by atoms with Gasteiger partial charge in [-0.3, -0.25) is 10.8 Å². The second-order valence-corrected chi connectivity index (χ2v) is 3.86. The highest BCUT2D eigenvalue weighted by Crippen LogP contribution is 2.18. The lowest BCUT2D eigenvalue weighted by Gasteiger charge is -2.07. The molecule has 0 saturated carbocycles. The minimum Gasteiger partial charge on any atom is -0.487 e. The number of pyridine rings is 1. The third kappa shape index (κ3) is 3.34. The van der Waals surface area contributed by atoms with Crippen LogP contribution in [0.15, 0.2) is 42.6 Å². The minimum atomic E-state index is 0.371. The van der Waals surface area contributed by atoms with Crippen LogP contribution in [-0.2, 0) is 6.61 Å². The molecular weight excluding hydrogens is 238 g/mol. The van der Waals surface area contributed by atoms with Crippen LogP contribution in [0, 0.1) is 0 Å². The summed E-state index contributed by atoms with van der Waals surface area (Å²) in [4.78, 5) is 4.17. The number of benzene rings is 1. The predicted octanol–water partition coefficient (Wildman–Crippen LogP) is 2.60. The minimum absolute atomic E-state index is 0.371. The molecule has 0 unspecified atom stereocenters. The molecule has 0 radical (unpaired) electrons. The molecule has 0 fully saturated rings. The number of rotatable bonds is 4. The first-order chi connectivity index (χ1) is 8.28. The Morgan fingerprint density at radius 1 is 1.29 bits per heavy atom. The fourth-order valence-electron chi connectivity index (χ4n) is 1.36. The predicted molar refractivity (Wildman–Crippen MR) is 67.8 cm³/mol. The Morgan fingerprint density at radius 3 is 2.94 bits per heavy atom. The molecule has 0 bridgehead atoms. The van der Waals surface area contributed by atoms with Crippen LogP contribution in [0.2, 0.25) is 5.02 Å². The SMILES string of the molecule is NNc1ccnc(COc2cccc(Cl)c2)c1. The molecule has 1 aromatic heterocycles. The molecule has 17 heavy (non-hydrogen) atoms. The van der Waals surface area contributed by atoms with Gasteiger partial charge >= 0.3 is 0 Å². The second-order valence-electron chi connectivity index (χ2n) is 3.43. The van der Waals surface area contributed by atoms with Crippen molar-refractivity contribution in [3.05, 3.63) is 53.3 Å². The second kappa shape index (κ2) is 5.52. The number of nitrogen functional groups attached to an aromatic ring is 1. The van der Waals surface area contributed by atoms with Gasteiger partial charge in [-0.1, -0.05) is 17.7 Å². The van der Waals surface area contributed by atoms with Crippen LogP contribution in [0.4, 0.5) is 5.69 Å². The third-order valence-electron chi connectivity index (χ3n) is 2.17. The van der Waals surface area contributed by atoms with Crippen LogP contribution < -0.4 is 16.0 Å². The van der Waals surface area contributed by atoms with Crippen molar-refractivity contribution in [2.24, 2.45) is 5.84 Å². The van der Waals surface area contributed by atoms with E-state index < -0.39 is 0 Å². The normalized spacial score (nSPS) is 10.0. The van der Waals surface area contributed by atoms with Crippen LogP contribution >= 0.6 is 11.6 Å². The standard InChI is InChI=1S/C12H12ClN3O/c13-9-2-1-3-12(6-9)17-8-11-7-10(16-14)4-5-15-11/h1-7H,8,14H2,(H,15,16). The summed E-state index contributed by atoms with van der Waals surface area (Å²) in [5.74, 6) is 6.02. The monoisotopic (exact) mass is 249 g/mol. The van der Waals surface area contributed by atoms with Gasteiger partial charge in [-0.25, -0.2) is 0 Å². The Hall–Kier alpha value is -1.78. The first kappa shape index (κ1) is 11.7. The molecule has 0 aliphatic rings. The molecule has 88 valence electrons. The highest BCUT2D eigenvalue weighted by molar-refractivity contribution is 6.30. The van der Waals surface area contributed by atoms with E-state index >= 15 is 0 Å². The van der Waals surface area contributed by atoms with Crippen molar-refractivity contribution in [2.45, 2.75) is 6.61 Å². The van der Waals surface area contributed by atoms with Gasteiger partial charge in [-0.2, -0.15) is 0 Å². The molecule has 0 aliphatic carbocycles. The molecule has 5 heteroatoms. The van der Waals surface area contributed by atoms with Crippen LogP contribution in [0.3, 0.4) is 0 Å². The van der Waals surface area contributed by atoms with E-state index in [1.165, 1.54) is 0 Å². The number of hydrogen-bond acceptors (Lipinski definition) is 4. The van der Waals surface area contributed by atoms with Gasteiger partial charge in [0.05, 0.1) is 11.4 Å². The Kier molecular flexibility index (Phi) is 3.80. The largest absolute Gasteiger partial charge is 0.487 e. The Balaban J connectivity index is 2.02. The van der Waals surface area contributed by atoms with Gasteiger partial charge < -0.3 is 10.2 Å². The van der Waals surface area contributed by atoms with E-state index in [-0.39, 0.29) is 0 Å².